The van der Waals surface area contributed by atoms with Crippen molar-refractivity contribution in [2.75, 3.05) is 28.3 Å². The number of rotatable bonds is 9. The Morgan fingerprint density at radius 2 is 1.67 bits per heavy atom. The molecule has 0 saturated heterocycles. The molecule has 0 unspecified atom stereocenters. The summed E-state index contributed by atoms with van der Waals surface area (Å²) in [5, 5.41) is 2.70. The average molecular weight is 456 g/mol. The van der Waals surface area contributed by atoms with Gasteiger partial charge in [0.25, 0.3) is 5.91 Å². The second-order valence-electron chi connectivity index (χ2n) is 6.57. The predicted octanol–water partition coefficient (Wildman–Crippen LogP) is 0.925. The summed E-state index contributed by atoms with van der Waals surface area (Å²) >= 11 is 0. The van der Waals surface area contributed by atoms with Crippen LogP contribution in [-0.4, -0.2) is 55.3 Å². The molecule has 0 bridgehead atoms. The molecule has 2 rings (SSSR count). The molecule has 0 heterocycles. The van der Waals surface area contributed by atoms with E-state index in [9.17, 15) is 21.6 Å². The Hall–Kier alpha value is -2.47. The van der Waals surface area contributed by atoms with E-state index in [4.69, 9.17) is 4.74 Å². The fourth-order valence-electron chi connectivity index (χ4n) is 2.64. The Morgan fingerprint density at radius 3 is 2.23 bits per heavy atom. The number of hydrogen-bond acceptors (Lipinski definition) is 6. The number of carbonyl (C=O) groups excluding carboxylic acids is 1. The Morgan fingerprint density at radius 1 is 1.03 bits per heavy atom. The van der Waals surface area contributed by atoms with Gasteiger partial charge in [-0.2, -0.15) is 0 Å². The van der Waals surface area contributed by atoms with Crippen molar-refractivity contribution in [3.05, 3.63) is 59.2 Å². The van der Waals surface area contributed by atoms with E-state index in [1.807, 2.05) is 0 Å². The minimum absolute atomic E-state index is 0.0794. The maximum atomic E-state index is 12.6. The molecule has 0 radical (unpaired) electrons. The van der Waals surface area contributed by atoms with Crippen LogP contribution in [-0.2, 0) is 32.3 Å². The maximum Gasteiger partial charge on any atom is 0.251 e. The number of sulfonamides is 2. The summed E-state index contributed by atoms with van der Waals surface area (Å²) in [6, 6.07) is 11.0. The minimum Gasteiger partial charge on any atom is -0.495 e. The number of hydrogen-bond donors (Lipinski definition) is 2. The number of methoxy groups -OCH3 is 1. The molecule has 0 aliphatic rings. The van der Waals surface area contributed by atoms with Gasteiger partial charge in [0.15, 0.2) is 0 Å². The van der Waals surface area contributed by atoms with Crippen molar-refractivity contribution < 1.29 is 26.4 Å². The zero-order valence-electron chi connectivity index (χ0n) is 17.2. The molecule has 0 aliphatic carbocycles. The monoisotopic (exact) mass is 455 g/mol. The molecular formula is C19H25N3O6S2. The van der Waals surface area contributed by atoms with Crippen molar-refractivity contribution in [3.8, 4) is 5.75 Å². The Balaban J connectivity index is 2.27. The smallest absolute Gasteiger partial charge is 0.251 e. The molecule has 0 fully saturated rings. The van der Waals surface area contributed by atoms with Crippen molar-refractivity contribution in [1.82, 2.24) is 14.3 Å². The molecule has 0 aromatic heterocycles. The fraction of sp³-hybridized carbons (Fsp3) is 0.316. The molecule has 2 N–H and O–H groups in total. The van der Waals surface area contributed by atoms with Crippen LogP contribution in [0.3, 0.4) is 0 Å². The van der Waals surface area contributed by atoms with Crippen LogP contribution in [0.1, 0.15) is 21.5 Å². The van der Waals surface area contributed by atoms with Gasteiger partial charge in [0.1, 0.15) is 10.6 Å². The van der Waals surface area contributed by atoms with Crippen LogP contribution in [0.2, 0.25) is 0 Å². The highest BCUT2D eigenvalue weighted by Gasteiger charge is 2.24. The third kappa shape index (κ3) is 5.57. The standard InChI is InChI=1S/C19H25N3O6S2/c1-20-29(24,25)13-16-8-6-5-7-15(16)12-21-19(23)14-9-10-17(28-4)18(11-14)30(26,27)22(2)3/h5-11,20H,12-13H2,1-4H3,(H,21,23). The maximum absolute atomic E-state index is 12.6. The molecule has 0 saturated carbocycles. The molecule has 0 spiro atoms. The van der Waals surface area contributed by atoms with E-state index in [-0.39, 0.29) is 28.5 Å². The van der Waals surface area contributed by atoms with Gasteiger partial charge < -0.3 is 10.1 Å². The van der Waals surface area contributed by atoms with E-state index in [0.717, 1.165) is 4.31 Å². The summed E-state index contributed by atoms with van der Waals surface area (Å²) in [6.07, 6.45) is 0. The SMILES string of the molecule is CNS(=O)(=O)Cc1ccccc1CNC(=O)c1ccc(OC)c(S(=O)(=O)N(C)C)c1. The molecule has 2 aromatic rings. The second kappa shape index (κ2) is 9.56. The third-order valence-corrected chi connectivity index (χ3v) is 7.55. The van der Waals surface area contributed by atoms with Crippen LogP contribution >= 0.6 is 0 Å². The van der Waals surface area contributed by atoms with Crippen LogP contribution in [0.5, 0.6) is 5.75 Å². The topological polar surface area (TPSA) is 122 Å². The molecule has 2 aromatic carbocycles. The summed E-state index contributed by atoms with van der Waals surface area (Å²) in [5.41, 5.74) is 1.33. The number of amides is 1. The quantitative estimate of drug-likeness (QED) is 0.580. The van der Waals surface area contributed by atoms with Crippen molar-refractivity contribution in [1.29, 1.82) is 0 Å². The van der Waals surface area contributed by atoms with Crippen molar-refractivity contribution in [2.45, 2.75) is 17.2 Å². The van der Waals surface area contributed by atoms with E-state index in [0.29, 0.717) is 11.1 Å². The summed E-state index contributed by atoms with van der Waals surface area (Å²) in [4.78, 5) is 12.5. The molecular weight excluding hydrogens is 430 g/mol. The van der Waals surface area contributed by atoms with Gasteiger partial charge in [-0.05, 0) is 36.4 Å². The molecule has 11 heteroatoms. The summed E-state index contributed by atoms with van der Waals surface area (Å²) in [6.45, 7) is 0.0794. The highest BCUT2D eigenvalue weighted by Crippen LogP contribution is 2.27. The van der Waals surface area contributed by atoms with Crippen LogP contribution < -0.4 is 14.8 Å². The van der Waals surface area contributed by atoms with Crippen LogP contribution in [0.4, 0.5) is 0 Å². The van der Waals surface area contributed by atoms with E-state index in [1.165, 1.54) is 46.5 Å². The van der Waals surface area contributed by atoms with Gasteiger partial charge in [0, 0.05) is 26.2 Å². The van der Waals surface area contributed by atoms with E-state index in [2.05, 4.69) is 10.0 Å². The van der Waals surface area contributed by atoms with Gasteiger partial charge in [-0.3, -0.25) is 4.79 Å². The van der Waals surface area contributed by atoms with Gasteiger partial charge in [0.2, 0.25) is 20.0 Å². The zero-order chi connectivity index (χ0) is 22.5. The lowest BCUT2D eigenvalue weighted by Crippen LogP contribution is -2.26. The number of nitrogens with one attached hydrogen (secondary N) is 2. The lowest BCUT2D eigenvalue weighted by molar-refractivity contribution is 0.0950. The highest BCUT2D eigenvalue weighted by molar-refractivity contribution is 7.89. The van der Waals surface area contributed by atoms with Crippen LogP contribution in [0.15, 0.2) is 47.4 Å². The van der Waals surface area contributed by atoms with Crippen LogP contribution in [0.25, 0.3) is 0 Å². The molecule has 1 amide bonds. The first-order chi connectivity index (χ1) is 14.0. The summed E-state index contributed by atoms with van der Waals surface area (Å²) in [5.74, 6) is -0.592. The van der Waals surface area contributed by atoms with Crippen molar-refractivity contribution in [2.24, 2.45) is 0 Å². The molecule has 9 nitrogen and oxygen atoms in total. The first-order valence-electron chi connectivity index (χ1n) is 8.88. The third-order valence-electron chi connectivity index (χ3n) is 4.40. The Bertz CT molecular complexity index is 1130. The Labute approximate surface area is 177 Å². The normalized spacial score (nSPS) is 12.0. The first-order valence-corrected chi connectivity index (χ1v) is 12.0. The lowest BCUT2D eigenvalue weighted by Gasteiger charge is -2.16. The van der Waals surface area contributed by atoms with Crippen LogP contribution in [0, 0.1) is 0 Å². The van der Waals surface area contributed by atoms with Crippen molar-refractivity contribution in [3.63, 3.8) is 0 Å². The van der Waals surface area contributed by atoms with Gasteiger partial charge in [-0.1, -0.05) is 24.3 Å². The number of carbonyl (C=O) groups is 1. The van der Waals surface area contributed by atoms with E-state index < -0.39 is 26.0 Å². The average Bonchev–Trinajstić information content (AvgIpc) is 2.72. The predicted molar refractivity (Wildman–Crippen MR) is 113 cm³/mol. The second-order valence-corrected chi connectivity index (χ2v) is 10.6. The fourth-order valence-corrected chi connectivity index (χ4v) is 4.55. The summed E-state index contributed by atoms with van der Waals surface area (Å²) in [7, 11) is -1.83. The molecule has 164 valence electrons. The van der Waals surface area contributed by atoms with Gasteiger partial charge in [-0.25, -0.2) is 25.9 Å². The Kier molecular flexibility index (Phi) is 7.59. The number of nitrogens with zero attached hydrogens (tertiary/aromatic N) is 1. The first kappa shape index (κ1) is 23.8. The van der Waals surface area contributed by atoms with E-state index in [1.54, 1.807) is 24.3 Å². The summed E-state index contributed by atoms with van der Waals surface area (Å²) < 4.78 is 57.2. The lowest BCUT2D eigenvalue weighted by atomic mass is 10.1. The molecule has 30 heavy (non-hydrogen) atoms. The van der Waals surface area contributed by atoms with E-state index >= 15 is 0 Å². The molecule has 0 atom stereocenters. The zero-order valence-corrected chi connectivity index (χ0v) is 18.8. The highest BCUT2D eigenvalue weighted by atomic mass is 32.2. The number of ether oxygens (including phenoxy) is 1. The van der Waals surface area contributed by atoms with Gasteiger partial charge >= 0.3 is 0 Å². The van der Waals surface area contributed by atoms with Gasteiger partial charge in [0.05, 0.1) is 12.9 Å². The minimum atomic E-state index is -3.82. The van der Waals surface area contributed by atoms with Gasteiger partial charge in [-0.15, -0.1) is 0 Å². The largest absolute Gasteiger partial charge is 0.495 e. The van der Waals surface area contributed by atoms with Crippen molar-refractivity contribution >= 4 is 26.0 Å². The number of benzene rings is 2. The molecule has 0 aliphatic heterocycles.